The average molecular weight is 228 g/mol. The van der Waals surface area contributed by atoms with E-state index < -0.39 is 0 Å². The third kappa shape index (κ3) is 3.43. The molecule has 0 aromatic rings. The van der Waals surface area contributed by atoms with Crippen LogP contribution in [0.5, 0.6) is 0 Å². The number of hydrogen-bond acceptors (Lipinski definition) is 4. The van der Waals surface area contributed by atoms with E-state index in [1.807, 2.05) is 4.90 Å². The van der Waals surface area contributed by atoms with Crippen LogP contribution < -0.4 is 0 Å². The molecule has 2 heterocycles. The van der Waals surface area contributed by atoms with Gasteiger partial charge in [-0.05, 0) is 0 Å². The van der Waals surface area contributed by atoms with Crippen molar-refractivity contribution in [1.82, 2.24) is 9.80 Å². The fourth-order valence-corrected chi connectivity index (χ4v) is 2.05. The highest BCUT2D eigenvalue weighted by Gasteiger charge is 2.18. The van der Waals surface area contributed by atoms with Gasteiger partial charge in [-0.15, -0.1) is 0 Å². The standard InChI is InChI=1S/C11H20N2O3/c14-11(13-5-9-16-10-6-13)1-2-12-3-7-15-8-4-12/h1-10H2. The molecule has 0 aromatic carbocycles. The molecule has 2 aliphatic rings. The average Bonchev–Trinajstić information content (AvgIpc) is 2.38. The summed E-state index contributed by atoms with van der Waals surface area (Å²) in [6.45, 7) is 7.24. The van der Waals surface area contributed by atoms with Gasteiger partial charge in [-0.3, -0.25) is 9.69 Å². The van der Waals surface area contributed by atoms with E-state index in [4.69, 9.17) is 9.47 Å². The van der Waals surface area contributed by atoms with Crippen molar-refractivity contribution < 1.29 is 14.3 Å². The minimum atomic E-state index is 0.259. The predicted octanol–water partition coefficient (Wildman–Crippen LogP) is -0.432. The van der Waals surface area contributed by atoms with Crippen LogP contribution in [0.2, 0.25) is 0 Å². The Bertz CT molecular complexity index is 223. The number of hydrogen-bond donors (Lipinski definition) is 0. The van der Waals surface area contributed by atoms with Crippen LogP contribution in [0.1, 0.15) is 6.42 Å². The van der Waals surface area contributed by atoms with Crippen LogP contribution in [0.3, 0.4) is 0 Å². The first-order valence-electron chi connectivity index (χ1n) is 6.02. The first kappa shape index (κ1) is 11.8. The highest BCUT2D eigenvalue weighted by Crippen LogP contribution is 2.03. The molecule has 2 aliphatic heterocycles. The van der Waals surface area contributed by atoms with E-state index in [0.29, 0.717) is 19.6 Å². The van der Waals surface area contributed by atoms with Gasteiger partial charge in [0, 0.05) is 39.1 Å². The van der Waals surface area contributed by atoms with Crippen molar-refractivity contribution in [2.45, 2.75) is 6.42 Å². The summed E-state index contributed by atoms with van der Waals surface area (Å²) in [6, 6.07) is 0. The number of amides is 1. The third-order valence-corrected chi connectivity index (χ3v) is 3.11. The van der Waals surface area contributed by atoms with Crippen molar-refractivity contribution in [1.29, 1.82) is 0 Å². The Morgan fingerprint density at radius 1 is 0.938 bits per heavy atom. The van der Waals surface area contributed by atoms with Gasteiger partial charge in [0.2, 0.25) is 5.91 Å². The SMILES string of the molecule is O=C(CCN1CCOCC1)N1CCOCC1. The lowest BCUT2D eigenvalue weighted by molar-refractivity contribution is -0.135. The summed E-state index contributed by atoms with van der Waals surface area (Å²) in [5, 5.41) is 0. The molecule has 92 valence electrons. The number of carbonyl (C=O) groups excluding carboxylic acids is 1. The molecule has 5 nitrogen and oxygen atoms in total. The third-order valence-electron chi connectivity index (χ3n) is 3.11. The number of carbonyl (C=O) groups is 1. The molecule has 5 heteroatoms. The van der Waals surface area contributed by atoms with Crippen molar-refractivity contribution in [2.24, 2.45) is 0 Å². The van der Waals surface area contributed by atoms with E-state index in [1.54, 1.807) is 0 Å². The molecule has 2 rings (SSSR count). The van der Waals surface area contributed by atoms with Crippen LogP contribution >= 0.6 is 0 Å². The van der Waals surface area contributed by atoms with Gasteiger partial charge in [-0.1, -0.05) is 0 Å². The quantitative estimate of drug-likeness (QED) is 0.657. The van der Waals surface area contributed by atoms with Gasteiger partial charge < -0.3 is 14.4 Å². The largest absolute Gasteiger partial charge is 0.379 e. The van der Waals surface area contributed by atoms with Crippen molar-refractivity contribution >= 4 is 5.91 Å². The summed E-state index contributed by atoms with van der Waals surface area (Å²) < 4.78 is 10.5. The molecule has 2 saturated heterocycles. The summed E-state index contributed by atoms with van der Waals surface area (Å²) in [7, 11) is 0. The second kappa shape index (κ2) is 6.18. The Balaban J connectivity index is 1.65. The van der Waals surface area contributed by atoms with E-state index in [2.05, 4.69) is 4.90 Å². The Morgan fingerprint density at radius 2 is 1.50 bits per heavy atom. The van der Waals surface area contributed by atoms with Crippen LogP contribution in [0, 0.1) is 0 Å². The minimum absolute atomic E-state index is 0.259. The fraction of sp³-hybridized carbons (Fsp3) is 0.909. The molecule has 0 radical (unpaired) electrons. The molecule has 0 atom stereocenters. The zero-order valence-corrected chi connectivity index (χ0v) is 9.69. The molecule has 0 bridgehead atoms. The number of morpholine rings is 2. The molecule has 0 N–H and O–H groups in total. The first-order valence-corrected chi connectivity index (χ1v) is 6.02. The summed E-state index contributed by atoms with van der Waals surface area (Å²) >= 11 is 0. The van der Waals surface area contributed by atoms with Crippen molar-refractivity contribution in [3.63, 3.8) is 0 Å². The van der Waals surface area contributed by atoms with Crippen LogP contribution in [0.15, 0.2) is 0 Å². The molecule has 2 fully saturated rings. The predicted molar refractivity (Wildman–Crippen MR) is 59.3 cm³/mol. The van der Waals surface area contributed by atoms with Crippen LogP contribution in [-0.2, 0) is 14.3 Å². The van der Waals surface area contributed by atoms with E-state index in [0.717, 1.165) is 45.9 Å². The molecule has 0 aromatic heterocycles. The zero-order valence-electron chi connectivity index (χ0n) is 9.69. The zero-order chi connectivity index (χ0) is 11.2. The van der Waals surface area contributed by atoms with Gasteiger partial charge in [0.25, 0.3) is 0 Å². The molecule has 0 spiro atoms. The van der Waals surface area contributed by atoms with E-state index in [9.17, 15) is 4.79 Å². The fourth-order valence-electron chi connectivity index (χ4n) is 2.05. The molecule has 0 unspecified atom stereocenters. The maximum absolute atomic E-state index is 11.9. The lowest BCUT2D eigenvalue weighted by atomic mass is 10.3. The Hall–Kier alpha value is -0.650. The number of ether oxygens (including phenoxy) is 2. The molecular formula is C11H20N2O3. The van der Waals surface area contributed by atoms with Gasteiger partial charge in [0.1, 0.15) is 0 Å². The topological polar surface area (TPSA) is 42.0 Å². The normalized spacial score (nSPS) is 23.4. The first-order chi connectivity index (χ1) is 7.86. The van der Waals surface area contributed by atoms with Gasteiger partial charge in [0.15, 0.2) is 0 Å². The smallest absolute Gasteiger partial charge is 0.224 e. The molecular weight excluding hydrogens is 208 g/mol. The van der Waals surface area contributed by atoms with Crippen molar-refractivity contribution in [3.05, 3.63) is 0 Å². The summed E-state index contributed by atoms with van der Waals surface area (Å²) in [4.78, 5) is 16.1. The van der Waals surface area contributed by atoms with E-state index in [1.165, 1.54) is 0 Å². The van der Waals surface area contributed by atoms with E-state index >= 15 is 0 Å². The number of rotatable bonds is 3. The maximum atomic E-state index is 11.9. The van der Waals surface area contributed by atoms with Gasteiger partial charge >= 0.3 is 0 Å². The molecule has 16 heavy (non-hydrogen) atoms. The molecule has 0 aliphatic carbocycles. The van der Waals surface area contributed by atoms with Gasteiger partial charge in [-0.2, -0.15) is 0 Å². The Labute approximate surface area is 96.3 Å². The maximum Gasteiger partial charge on any atom is 0.224 e. The minimum Gasteiger partial charge on any atom is -0.379 e. The summed E-state index contributed by atoms with van der Waals surface area (Å²) in [5.41, 5.74) is 0. The van der Waals surface area contributed by atoms with Gasteiger partial charge in [-0.25, -0.2) is 0 Å². The molecule has 1 amide bonds. The van der Waals surface area contributed by atoms with Gasteiger partial charge in [0.05, 0.1) is 26.4 Å². The highest BCUT2D eigenvalue weighted by molar-refractivity contribution is 5.76. The number of nitrogens with zero attached hydrogens (tertiary/aromatic N) is 2. The van der Waals surface area contributed by atoms with Crippen LogP contribution in [0.25, 0.3) is 0 Å². The monoisotopic (exact) mass is 228 g/mol. The second-order valence-corrected chi connectivity index (χ2v) is 4.20. The lowest BCUT2D eigenvalue weighted by Gasteiger charge is -2.29. The highest BCUT2D eigenvalue weighted by atomic mass is 16.5. The second-order valence-electron chi connectivity index (χ2n) is 4.20. The Morgan fingerprint density at radius 3 is 2.12 bits per heavy atom. The van der Waals surface area contributed by atoms with Crippen LogP contribution in [-0.4, -0.2) is 74.9 Å². The van der Waals surface area contributed by atoms with Crippen molar-refractivity contribution in [3.8, 4) is 0 Å². The lowest BCUT2D eigenvalue weighted by Crippen LogP contribution is -2.43. The summed E-state index contributed by atoms with van der Waals surface area (Å²) in [5.74, 6) is 0.259. The summed E-state index contributed by atoms with van der Waals surface area (Å²) in [6.07, 6.45) is 0.625. The molecule has 0 saturated carbocycles. The van der Waals surface area contributed by atoms with E-state index in [-0.39, 0.29) is 5.91 Å². The van der Waals surface area contributed by atoms with Crippen molar-refractivity contribution in [2.75, 3.05) is 59.2 Å². The Kier molecular flexibility index (Phi) is 4.56. The van der Waals surface area contributed by atoms with Crippen LogP contribution in [0.4, 0.5) is 0 Å².